The predicted molar refractivity (Wildman–Crippen MR) is 99.9 cm³/mol. The average Bonchev–Trinajstić information content (AvgIpc) is 2.93. The van der Waals surface area contributed by atoms with Gasteiger partial charge in [-0.3, -0.25) is 0 Å². The second kappa shape index (κ2) is 7.80. The van der Waals surface area contributed by atoms with Crippen molar-refractivity contribution in [1.82, 2.24) is 5.32 Å². The third-order valence-corrected chi connectivity index (χ3v) is 4.89. The van der Waals surface area contributed by atoms with Crippen LogP contribution < -0.4 is 10.4 Å². The number of carboxylic acid groups (broad SMARTS) is 1. The van der Waals surface area contributed by atoms with Crippen LogP contribution in [0.15, 0.2) is 48.5 Å². The molecule has 0 unspecified atom stereocenters. The lowest BCUT2D eigenvalue weighted by Crippen LogP contribution is -2.51. The topological polar surface area (TPSA) is 78.5 Å². The summed E-state index contributed by atoms with van der Waals surface area (Å²) in [6.45, 7) is 0.957. The van der Waals surface area contributed by atoms with Gasteiger partial charge < -0.3 is 24.4 Å². The standard InChI is InChI=1S/C21H24N2O4/c1-23(2,13-20(24)25)12-11-22-21(26)27-14-19-17-9-5-3-7-15(17)16-8-4-6-10-18(16)19/h3-10,19H,11-14H2,1-2H3,(H-,22,24,25,26). The summed E-state index contributed by atoms with van der Waals surface area (Å²) in [5.74, 6) is -1.09. The van der Waals surface area contributed by atoms with E-state index in [1.54, 1.807) is 14.1 Å². The number of alkyl carbamates (subject to hydrolysis) is 1. The number of nitrogens with zero attached hydrogens (tertiary/aromatic N) is 1. The summed E-state index contributed by atoms with van der Waals surface area (Å²) < 4.78 is 5.68. The molecule has 0 heterocycles. The maximum atomic E-state index is 12.1. The number of hydrogen-bond donors (Lipinski definition) is 1. The number of likely N-dealkylation sites (N-methyl/N-ethyl adjacent to an activating group) is 1. The Morgan fingerprint density at radius 2 is 1.59 bits per heavy atom. The van der Waals surface area contributed by atoms with Crippen LogP contribution in [-0.2, 0) is 9.53 Å². The van der Waals surface area contributed by atoms with Crippen molar-refractivity contribution in [2.24, 2.45) is 0 Å². The Bertz CT molecular complexity index is 802. The number of carbonyl (C=O) groups is 2. The van der Waals surface area contributed by atoms with E-state index in [9.17, 15) is 14.7 Å². The molecular formula is C21H24N2O4. The normalized spacial score (nSPS) is 13.0. The van der Waals surface area contributed by atoms with Crippen LogP contribution in [0, 0.1) is 0 Å². The number of carboxylic acids is 1. The highest BCUT2D eigenvalue weighted by Crippen LogP contribution is 2.44. The Kier molecular flexibility index (Phi) is 5.46. The first-order chi connectivity index (χ1) is 12.9. The van der Waals surface area contributed by atoms with E-state index in [1.807, 2.05) is 24.3 Å². The van der Waals surface area contributed by atoms with Gasteiger partial charge in [0.05, 0.1) is 33.2 Å². The summed E-state index contributed by atoms with van der Waals surface area (Å²) in [5, 5.41) is 13.4. The number of quaternary nitrogens is 1. The van der Waals surface area contributed by atoms with Gasteiger partial charge in [0.2, 0.25) is 0 Å². The van der Waals surface area contributed by atoms with E-state index in [1.165, 1.54) is 22.3 Å². The smallest absolute Gasteiger partial charge is 0.407 e. The molecule has 0 aromatic heterocycles. The molecule has 2 aromatic rings. The molecule has 0 radical (unpaired) electrons. The van der Waals surface area contributed by atoms with Gasteiger partial charge in [0.15, 0.2) is 0 Å². The molecule has 0 atom stereocenters. The zero-order chi connectivity index (χ0) is 19.4. The Morgan fingerprint density at radius 3 is 2.15 bits per heavy atom. The molecule has 0 saturated heterocycles. The second-order valence-electron chi connectivity index (χ2n) is 7.44. The summed E-state index contributed by atoms with van der Waals surface area (Å²) in [4.78, 5) is 22.8. The largest absolute Gasteiger partial charge is 0.544 e. The monoisotopic (exact) mass is 368 g/mol. The summed E-state index contributed by atoms with van der Waals surface area (Å²) in [5.41, 5.74) is 4.70. The summed E-state index contributed by atoms with van der Waals surface area (Å²) in [6.07, 6.45) is -0.495. The van der Waals surface area contributed by atoms with Crippen molar-refractivity contribution < 1.29 is 23.9 Å². The van der Waals surface area contributed by atoms with Crippen LogP contribution in [0.1, 0.15) is 17.0 Å². The molecule has 0 aliphatic heterocycles. The van der Waals surface area contributed by atoms with Crippen LogP contribution in [-0.4, -0.2) is 56.9 Å². The van der Waals surface area contributed by atoms with E-state index in [0.29, 0.717) is 13.1 Å². The Morgan fingerprint density at radius 1 is 1.04 bits per heavy atom. The van der Waals surface area contributed by atoms with Crippen LogP contribution in [0.2, 0.25) is 0 Å². The van der Waals surface area contributed by atoms with Crippen molar-refractivity contribution in [1.29, 1.82) is 0 Å². The number of aliphatic carboxylic acids is 1. The van der Waals surface area contributed by atoms with Crippen LogP contribution >= 0.6 is 0 Å². The van der Waals surface area contributed by atoms with Crippen LogP contribution in [0.4, 0.5) is 4.79 Å². The van der Waals surface area contributed by atoms with E-state index in [4.69, 9.17) is 4.74 Å². The van der Waals surface area contributed by atoms with Gasteiger partial charge in [-0.05, 0) is 22.3 Å². The summed E-state index contributed by atoms with van der Waals surface area (Å²) in [7, 11) is 3.55. The molecule has 1 aliphatic carbocycles. The molecule has 0 bridgehead atoms. The lowest BCUT2D eigenvalue weighted by molar-refractivity contribution is -0.883. The van der Waals surface area contributed by atoms with Gasteiger partial charge in [0.1, 0.15) is 13.2 Å². The average molecular weight is 368 g/mol. The molecule has 3 rings (SSSR count). The molecule has 0 spiro atoms. The third-order valence-electron chi connectivity index (χ3n) is 4.89. The van der Waals surface area contributed by atoms with E-state index >= 15 is 0 Å². The number of fused-ring (bicyclic) bond motifs is 3. The zero-order valence-electron chi connectivity index (χ0n) is 15.6. The van der Waals surface area contributed by atoms with E-state index < -0.39 is 12.1 Å². The maximum Gasteiger partial charge on any atom is 0.407 e. The lowest BCUT2D eigenvalue weighted by Gasteiger charge is -2.29. The summed E-state index contributed by atoms with van der Waals surface area (Å²) in [6, 6.07) is 16.3. The first kappa shape index (κ1) is 18.9. The van der Waals surface area contributed by atoms with Crippen molar-refractivity contribution in [3.63, 3.8) is 0 Å². The molecule has 1 aliphatic rings. The molecular weight excluding hydrogens is 344 g/mol. The van der Waals surface area contributed by atoms with Gasteiger partial charge in [-0.15, -0.1) is 0 Å². The van der Waals surface area contributed by atoms with E-state index in [2.05, 4.69) is 29.6 Å². The molecule has 0 fully saturated rings. The Labute approximate surface area is 159 Å². The number of carbonyl (C=O) groups excluding carboxylic acids is 2. The molecule has 2 aromatic carbocycles. The number of rotatable bonds is 7. The van der Waals surface area contributed by atoms with Crippen molar-refractivity contribution in [2.75, 3.05) is 40.3 Å². The minimum absolute atomic E-state index is 0.0217. The Hall–Kier alpha value is -2.86. The number of ether oxygens (including phenoxy) is 1. The molecule has 6 nitrogen and oxygen atoms in total. The van der Waals surface area contributed by atoms with Crippen molar-refractivity contribution in [3.8, 4) is 11.1 Å². The first-order valence-corrected chi connectivity index (χ1v) is 8.98. The first-order valence-electron chi connectivity index (χ1n) is 8.98. The SMILES string of the molecule is C[N+](C)(CCNC(=O)OCC1c2ccccc2-c2ccccc21)CC(=O)[O-]. The fraction of sp³-hybridized carbons (Fsp3) is 0.333. The van der Waals surface area contributed by atoms with Gasteiger partial charge in [-0.2, -0.15) is 0 Å². The quantitative estimate of drug-likeness (QED) is 0.749. The fourth-order valence-corrected chi connectivity index (χ4v) is 3.54. The molecule has 6 heteroatoms. The molecule has 1 N–H and O–H groups in total. The van der Waals surface area contributed by atoms with Gasteiger partial charge in [-0.25, -0.2) is 4.79 Å². The number of benzene rings is 2. The third kappa shape index (κ3) is 4.46. The van der Waals surface area contributed by atoms with Gasteiger partial charge in [0, 0.05) is 5.92 Å². The zero-order valence-corrected chi connectivity index (χ0v) is 15.6. The molecule has 1 amide bonds. The van der Waals surface area contributed by atoms with Crippen molar-refractivity contribution >= 4 is 12.1 Å². The van der Waals surface area contributed by atoms with E-state index in [0.717, 1.165) is 0 Å². The number of nitrogens with one attached hydrogen (secondary N) is 1. The second-order valence-corrected chi connectivity index (χ2v) is 7.44. The highest BCUT2D eigenvalue weighted by atomic mass is 16.5. The number of hydrogen-bond acceptors (Lipinski definition) is 4. The maximum absolute atomic E-state index is 12.1. The van der Waals surface area contributed by atoms with Crippen LogP contribution in [0.25, 0.3) is 11.1 Å². The molecule has 27 heavy (non-hydrogen) atoms. The van der Waals surface area contributed by atoms with Crippen LogP contribution in [0.5, 0.6) is 0 Å². The predicted octanol–water partition coefficient (Wildman–Crippen LogP) is 1.35. The number of amides is 1. The molecule has 142 valence electrons. The van der Waals surface area contributed by atoms with Gasteiger partial charge >= 0.3 is 6.09 Å². The highest BCUT2D eigenvalue weighted by molar-refractivity contribution is 5.79. The summed E-state index contributed by atoms with van der Waals surface area (Å²) >= 11 is 0. The van der Waals surface area contributed by atoms with Crippen molar-refractivity contribution in [2.45, 2.75) is 5.92 Å². The highest BCUT2D eigenvalue weighted by Gasteiger charge is 2.29. The van der Waals surface area contributed by atoms with Gasteiger partial charge in [-0.1, -0.05) is 48.5 Å². The minimum Gasteiger partial charge on any atom is -0.544 e. The minimum atomic E-state index is -1.11. The van der Waals surface area contributed by atoms with Crippen molar-refractivity contribution in [3.05, 3.63) is 59.7 Å². The lowest BCUT2D eigenvalue weighted by atomic mass is 9.98. The Balaban J connectivity index is 1.56. The molecule has 0 saturated carbocycles. The van der Waals surface area contributed by atoms with E-state index in [-0.39, 0.29) is 23.6 Å². The van der Waals surface area contributed by atoms with Crippen LogP contribution in [0.3, 0.4) is 0 Å². The fourth-order valence-electron chi connectivity index (χ4n) is 3.54. The van der Waals surface area contributed by atoms with Gasteiger partial charge in [0.25, 0.3) is 0 Å².